The monoisotopic (exact) mass is 307 g/mol. The van der Waals surface area contributed by atoms with E-state index in [1.165, 1.54) is 0 Å². The second-order valence-corrected chi connectivity index (χ2v) is 5.26. The van der Waals surface area contributed by atoms with E-state index in [1.807, 2.05) is 12.1 Å². The Labute approximate surface area is 89.9 Å². The van der Waals surface area contributed by atoms with Crippen LogP contribution in [0.1, 0.15) is 0 Å². The van der Waals surface area contributed by atoms with Crippen LogP contribution in [0.4, 0.5) is 0 Å². The highest BCUT2D eigenvalue weighted by Gasteiger charge is 2.06. The third-order valence-electron chi connectivity index (χ3n) is 1.26. The zero-order valence-electron chi connectivity index (χ0n) is 5.75. The maximum absolute atomic E-state index is 5.33. The van der Waals surface area contributed by atoms with Gasteiger partial charge in [-0.15, -0.1) is 11.3 Å². The summed E-state index contributed by atoms with van der Waals surface area (Å²) in [5.74, 6) is 0.789. The van der Waals surface area contributed by atoms with Gasteiger partial charge in [0.1, 0.15) is 0 Å². The molecule has 0 saturated heterocycles. The number of hydrogen-bond acceptors (Lipinski definition) is 3. The van der Waals surface area contributed by atoms with Crippen molar-refractivity contribution in [3.05, 3.63) is 26.8 Å². The van der Waals surface area contributed by atoms with Gasteiger partial charge >= 0.3 is 0 Å². The number of aromatic nitrogens is 1. The maximum atomic E-state index is 5.33. The number of rotatable bonds is 1. The molecule has 0 spiro atoms. The van der Waals surface area contributed by atoms with E-state index in [1.54, 1.807) is 17.5 Å². The summed E-state index contributed by atoms with van der Waals surface area (Å²) in [6, 6.07) is 3.74. The average molecular weight is 309 g/mol. The number of nitrogens with zero attached hydrogens (tertiary/aromatic N) is 1. The fourth-order valence-corrected chi connectivity index (χ4v) is 2.27. The van der Waals surface area contributed by atoms with E-state index in [9.17, 15) is 0 Å². The van der Waals surface area contributed by atoms with Gasteiger partial charge in [-0.3, -0.25) is 0 Å². The molecule has 2 aromatic rings. The van der Waals surface area contributed by atoms with E-state index in [-0.39, 0.29) is 0 Å². The zero-order valence-corrected chi connectivity index (χ0v) is 9.74. The van der Waals surface area contributed by atoms with E-state index >= 15 is 0 Å². The topological polar surface area (TPSA) is 26.0 Å². The quantitative estimate of drug-likeness (QED) is 0.798. The van der Waals surface area contributed by atoms with Crippen molar-refractivity contribution in [3.8, 4) is 10.8 Å². The summed E-state index contributed by atoms with van der Waals surface area (Å²) >= 11 is 8.12. The third-order valence-corrected chi connectivity index (χ3v) is 3.18. The van der Waals surface area contributed by atoms with E-state index in [0.717, 1.165) is 19.2 Å². The first-order valence-electron chi connectivity index (χ1n) is 3.13. The lowest BCUT2D eigenvalue weighted by Crippen LogP contribution is -1.66. The van der Waals surface area contributed by atoms with Crippen LogP contribution in [0.2, 0.25) is 0 Å². The minimum absolute atomic E-state index is 0.726. The molecular weight excluding hydrogens is 306 g/mol. The molecule has 0 aliphatic rings. The largest absolute Gasteiger partial charge is 0.447 e. The number of halogens is 2. The molecule has 0 atom stereocenters. The number of thiazole rings is 1. The van der Waals surface area contributed by atoms with E-state index in [4.69, 9.17) is 4.42 Å². The van der Waals surface area contributed by atoms with Crippen LogP contribution in [0.25, 0.3) is 10.8 Å². The van der Waals surface area contributed by atoms with Crippen LogP contribution in [0.5, 0.6) is 0 Å². The van der Waals surface area contributed by atoms with Gasteiger partial charge in [-0.25, -0.2) is 4.98 Å². The molecule has 0 fully saturated rings. The van der Waals surface area contributed by atoms with Gasteiger partial charge in [-0.05, 0) is 44.0 Å². The van der Waals surface area contributed by atoms with Crippen LogP contribution >= 0.6 is 43.2 Å². The lowest BCUT2D eigenvalue weighted by Gasteiger charge is -1.85. The van der Waals surface area contributed by atoms with E-state index in [2.05, 4.69) is 36.8 Å². The van der Waals surface area contributed by atoms with Crippen LogP contribution in [-0.2, 0) is 0 Å². The predicted molar refractivity (Wildman–Crippen MR) is 55.2 cm³/mol. The van der Waals surface area contributed by atoms with Crippen LogP contribution in [0.3, 0.4) is 0 Å². The highest BCUT2D eigenvalue weighted by Crippen LogP contribution is 2.30. The molecule has 12 heavy (non-hydrogen) atoms. The van der Waals surface area contributed by atoms with Crippen molar-refractivity contribution < 1.29 is 4.42 Å². The average Bonchev–Trinajstić information content (AvgIpc) is 2.58. The summed E-state index contributed by atoms with van der Waals surface area (Å²) in [6.07, 6.45) is 1.76. The highest BCUT2D eigenvalue weighted by atomic mass is 79.9. The molecule has 0 aliphatic heterocycles. The number of furan rings is 1. The first-order valence-corrected chi connectivity index (χ1v) is 5.53. The molecular formula is C7H3Br2NOS. The summed E-state index contributed by atoms with van der Waals surface area (Å²) in [4.78, 5) is 4.16. The smallest absolute Gasteiger partial charge is 0.170 e. The molecule has 0 radical (unpaired) electrons. The molecule has 0 unspecified atom stereocenters. The lowest BCUT2D eigenvalue weighted by atomic mass is 10.5. The summed E-state index contributed by atoms with van der Waals surface area (Å²) in [5.41, 5.74) is 0. The van der Waals surface area contributed by atoms with Crippen molar-refractivity contribution >= 4 is 43.2 Å². The normalized spacial score (nSPS) is 10.5. The van der Waals surface area contributed by atoms with Gasteiger partial charge in [0, 0.05) is 0 Å². The van der Waals surface area contributed by atoms with Crippen molar-refractivity contribution in [2.24, 2.45) is 0 Å². The Morgan fingerprint density at radius 1 is 1.33 bits per heavy atom. The SMILES string of the molecule is Brc1ccc(-c2ncc(Br)s2)o1. The molecule has 0 saturated carbocycles. The van der Waals surface area contributed by atoms with Gasteiger partial charge < -0.3 is 4.42 Å². The van der Waals surface area contributed by atoms with Gasteiger partial charge in [-0.2, -0.15) is 0 Å². The standard InChI is InChI=1S/C7H3Br2NOS/c8-5-2-1-4(11-5)7-10-3-6(9)12-7/h1-3H. The molecule has 0 amide bonds. The number of hydrogen-bond donors (Lipinski definition) is 0. The minimum Gasteiger partial charge on any atom is -0.447 e. The summed E-state index contributed by atoms with van der Waals surface area (Å²) in [5, 5.41) is 0.882. The summed E-state index contributed by atoms with van der Waals surface area (Å²) in [6.45, 7) is 0. The van der Waals surface area contributed by atoms with Crippen molar-refractivity contribution in [1.29, 1.82) is 0 Å². The molecule has 2 rings (SSSR count). The predicted octanol–water partition coefficient (Wildman–Crippen LogP) is 3.93. The molecule has 2 nitrogen and oxygen atoms in total. The van der Waals surface area contributed by atoms with Gasteiger partial charge in [0.15, 0.2) is 15.4 Å². The molecule has 0 aliphatic carbocycles. The van der Waals surface area contributed by atoms with Crippen molar-refractivity contribution in [2.45, 2.75) is 0 Å². The van der Waals surface area contributed by atoms with Gasteiger partial charge in [0.05, 0.1) is 9.98 Å². The van der Waals surface area contributed by atoms with Gasteiger partial charge in [0.25, 0.3) is 0 Å². The molecule has 0 aromatic carbocycles. The molecule has 2 aromatic heterocycles. The Kier molecular flexibility index (Phi) is 2.34. The molecule has 62 valence electrons. The fourth-order valence-electron chi connectivity index (χ4n) is 0.798. The lowest BCUT2D eigenvalue weighted by molar-refractivity contribution is 0.555. The second-order valence-electron chi connectivity index (χ2n) is 2.07. The molecule has 2 heterocycles. The van der Waals surface area contributed by atoms with Crippen LogP contribution in [0, 0.1) is 0 Å². The van der Waals surface area contributed by atoms with Crippen molar-refractivity contribution in [3.63, 3.8) is 0 Å². The third kappa shape index (κ3) is 1.62. The van der Waals surface area contributed by atoms with Crippen LogP contribution in [-0.4, -0.2) is 4.98 Å². The Hall–Kier alpha value is -0.130. The highest BCUT2D eigenvalue weighted by molar-refractivity contribution is 9.11. The molecule has 0 bridgehead atoms. The Balaban J connectivity index is 2.43. The Bertz CT molecular complexity index is 357. The van der Waals surface area contributed by atoms with Crippen molar-refractivity contribution in [1.82, 2.24) is 4.98 Å². The Morgan fingerprint density at radius 2 is 2.17 bits per heavy atom. The molecule has 0 N–H and O–H groups in total. The fraction of sp³-hybridized carbons (Fsp3) is 0. The maximum Gasteiger partial charge on any atom is 0.170 e. The van der Waals surface area contributed by atoms with Gasteiger partial charge in [-0.1, -0.05) is 0 Å². The first kappa shape index (κ1) is 8.47. The minimum atomic E-state index is 0.726. The second kappa shape index (κ2) is 3.32. The molecule has 5 heteroatoms. The van der Waals surface area contributed by atoms with Crippen molar-refractivity contribution in [2.75, 3.05) is 0 Å². The van der Waals surface area contributed by atoms with E-state index in [0.29, 0.717) is 0 Å². The van der Waals surface area contributed by atoms with Crippen LogP contribution in [0.15, 0.2) is 31.2 Å². The Morgan fingerprint density at radius 3 is 2.67 bits per heavy atom. The first-order chi connectivity index (χ1) is 5.75. The van der Waals surface area contributed by atoms with E-state index < -0.39 is 0 Å². The zero-order chi connectivity index (χ0) is 8.55. The summed E-state index contributed by atoms with van der Waals surface area (Å²) in [7, 11) is 0. The van der Waals surface area contributed by atoms with Crippen LogP contribution < -0.4 is 0 Å². The summed E-state index contributed by atoms with van der Waals surface area (Å²) < 4.78 is 7.06. The van der Waals surface area contributed by atoms with Gasteiger partial charge in [0.2, 0.25) is 0 Å².